The van der Waals surface area contributed by atoms with E-state index in [1.165, 1.54) is 0 Å². The second-order valence-corrected chi connectivity index (χ2v) is 14.1. The first-order valence-electron chi connectivity index (χ1n) is 16.1. The molecular formula is C31H56O10S. The number of aliphatic hydroxyl groups excluding tert-OH is 6. The van der Waals surface area contributed by atoms with Gasteiger partial charge in [0.25, 0.3) is 0 Å². The van der Waals surface area contributed by atoms with E-state index in [1.807, 2.05) is 20.8 Å². The Morgan fingerprint density at radius 1 is 0.595 bits per heavy atom. The molecular weight excluding hydrogens is 564 g/mol. The third-order valence-electron chi connectivity index (χ3n) is 11.0. The lowest BCUT2D eigenvalue weighted by molar-refractivity contribution is -0.296. The van der Waals surface area contributed by atoms with Crippen LogP contribution in [0, 0.1) is 35.5 Å². The summed E-state index contributed by atoms with van der Waals surface area (Å²) >= 11 is 4.47. The molecule has 19 atom stereocenters. The Morgan fingerprint density at radius 2 is 1.14 bits per heavy atom. The number of hydrogen-bond donors (Lipinski definition) is 7. The molecule has 11 heteroatoms. The van der Waals surface area contributed by atoms with Gasteiger partial charge in [0.2, 0.25) is 0 Å². The van der Waals surface area contributed by atoms with Crippen LogP contribution >= 0.6 is 12.6 Å². The van der Waals surface area contributed by atoms with Gasteiger partial charge in [-0.15, -0.1) is 0 Å². The highest BCUT2D eigenvalue weighted by Gasteiger charge is 2.52. The molecule has 4 rings (SSSR count). The van der Waals surface area contributed by atoms with Crippen molar-refractivity contribution in [3.05, 3.63) is 0 Å². The summed E-state index contributed by atoms with van der Waals surface area (Å²) in [5, 5.41) is 65.2. The first-order chi connectivity index (χ1) is 19.8. The summed E-state index contributed by atoms with van der Waals surface area (Å²) in [6.45, 7) is 11.7. The molecule has 246 valence electrons. The van der Waals surface area contributed by atoms with E-state index in [1.54, 1.807) is 6.92 Å². The van der Waals surface area contributed by atoms with Crippen molar-refractivity contribution in [3.8, 4) is 0 Å². The van der Waals surface area contributed by atoms with Crippen molar-refractivity contribution in [2.75, 3.05) is 5.75 Å². The first kappa shape index (κ1) is 34.8. The van der Waals surface area contributed by atoms with Crippen LogP contribution in [0.15, 0.2) is 0 Å². The summed E-state index contributed by atoms with van der Waals surface area (Å²) in [7, 11) is 0. The van der Waals surface area contributed by atoms with Crippen molar-refractivity contribution < 1.29 is 49.6 Å². The van der Waals surface area contributed by atoms with Crippen molar-refractivity contribution >= 4 is 12.6 Å². The highest BCUT2D eigenvalue weighted by molar-refractivity contribution is 7.80. The Morgan fingerprint density at radius 3 is 1.74 bits per heavy atom. The minimum atomic E-state index is -1.02. The van der Waals surface area contributed by atoms with Gasteiger partial charge in [-0.1, -0.05) is 41.5 Å². The Hall–Kier alpha value is -0.0500. The zero-order valence-electron chi connectivity index (χ0n) is 26.0. The Labute approximate surface area is 256 Å². The highest BCUT2D eigenvalue weighted by atomic mass is 32.1. The maximum Gasteiger partial charge on any atom is 0.163 e. The van der Waals surface area contributed by atoms with E-state index in [0.717, 1.165) is 6.42 Å². The van der Waals surface area contributed by atoms with E-state index >= 15 is 0 Å². The van der Waals surface area contributed by atoms with Gasteiger partial charge in [0.1, 0.15) is 24.4 Å². The zero-order chi connectivity index (χ0) is 31.0. The first-order valence-corrected chi connectivity index (χ1v) is 16.8. The van der Waals surface area contributed by atoms with Crippen LogP contribution in [0.3, 0.4) is 0 Å². The normalized spacial score (nSPS) is 53.8. The molecule has 3 saturated heterocycles. The molecule has 0 aromatic carbocycles. The lowest BCUT2D eigenvalue weighted by Gasteiger charge is -2.48. The number of ether oxygens (including phenoxy) is 4. The van der Waals surface area contributed by atoms with Gasteiger partial charge in [0.05, 0.1) is 48.8 Å². The summed E-state index contributed by atoms with van der Waals surface area (Å²) in [4.78, 5) is 0. The predicted molar refractivity (Wildman–Crippen MR) is 159 cm³/mol. The summed E-state index contributed by atoms with van der Waals surface area (Å²) in [5.74, 6) is -0.258. The van der Waals surface area contributed by atoms with Crippen LogP contribution in [0.2, 0.25) is 0 Å². The van der Waals surface area contributed by atoms with Crippen LogP contribution in [-0.2, 0) is 18.9 Å². The summed E-state index contributed by atoms with van der Waals surface area (Å²) < 4.78 is 24.9. The molecule has 0 bridgehead atoms. The van der Waals surface area contributed by atoms with Gasteiger partial charge in [-0.3, -0.25) is 0 Å². The Balaban J connectivity index is 1.50. The van der Waals surface area contributed by atoms with Gasteiger partial charge in [-0.25, -0.2) is 0 Å². The zero-order valence-corrected chi connectivity index (χ0v) is 26.9. The minimum absolute atomic E-state index is 0.0532. The summed E-state index contributed by atoms with van der Waals surface area (Å²) in [6.07, 6.45) is -6.43. The molecule has 10 nitrogen and oxygen atoms in total. The van der Waals surface area contributed by atoms with Crippen LogP contribution in [0.25, 0.3) is 0 Å². The van der Waals surface area contributed by atoms with E-state index in [9.17, 15) is 30.6 Å². The van der Waals surface area contributed by atoms with Crippen molar-refractivity contribution in [2.45, 2.75) is 153 Å². The fraction of sp³-hybridized carbons (Fsp3) is 1.00. The maximum absolute atomic E-state index is 11.5. The minimum Gasteiger partial charge on any atom is -0.393 e. The number of aliphatic hydroxyl groups is 6. The van der Waals surface area contributed by atoms with Gasteiger partial charge in [-0.2, -0.15) is 12.6 Å². The van der Waals surface area contributed by atoms with E-state index < -0.39 is 79.4 Å². The van der Waals surface area contributed by atoms with Crippen LogP contribution in [-0.4, -0.2) is 116 Å². The number of rotatable bonds is 9. The van der Waals surface area contributed by atoms with Crippen LogP contribution in [0.5, 0.6) is 0 Å². The topological polar surface area (TPSA) is 158 Å². The second-order valence-electron chi connectivity index (χ2n) is 13.7. The van der Waals surface area contributed by atoms with E-state index in [4.69, 9.17) is 18.9 Å². The maximum atomic E-state index is 11.5. The molecule has 3 heterocycles. The molecule has 0 spiro atoms. The molecule has 0 aromatic rings. The monoisotopic (exact) mass is 620 g/mol. The number of thiol groups is 1. The van der Waals surface area contributed by atoms with Gasteiger partial charge >= 0.3 is 0 Å². The molecule has 17 unspecified atom stereocenters. The Kier molecular flexibility index (Phi) is 12.1. The fourth-order valence-corrected chi connectivity index (χ4v) is 8.38. The van der Waals surface area contributed by atoms with Crippen LogP contribution < -0.4 is 0 Å². The molecule has 0 amide bonds. The quantitative estimate of drug-likeness (QED) is 0.189. The molecule has 42 heavy (non-hydrogen) atoms. The van der Waals surface area contributed by atoms with Crippen molar-refractivity contribution in [3.63, 3.8) is 0 Å². The number of hydrogen-bond acceptors (Lipinski definition) is 11. The van der Waals surface area contributed by atoms with Crippen molar-refractivity contribution in [1.82, 2.24) is 0 Å². The van der Waals surface area contributed by atoms with Crippen molar-refractivity contribution in [2.24, 2.45) is 35.5 Å². The molecule has 3 aliphatic heterocycles. The standard InChI is InChI=1S/C31H56O10S/c1-7-19-27(35)25(33)15(5)21(38-19)10-17-13(3)9-14(4)24(32)18(17)11-22-29(37)30(23(12-42)39-22)41-31-16(6)26(34)28(36)20(8-2)40-31/h13-37,42H,7-12H2,1-6H3/t13?,14?,15?,16?,17?,18?,19?,20?,21?,22-,23+,24?,25?,26?,27?,28?,29?,30?,31?/m0/s1. The SMILES string of the molecule is CCC1OC(CC2C(C)CC(C)C(O)C2C[C@@H]2O[C@H](CS)C(OC3OC(CC)C(O)C(O)C3C)C2O)C(C)C(O)C1O. The van der Waals surface area contributed by atoms with E-state index in [0.29, 0.717) is 31.4 Å². The van der Waals surface area contributed by atoms with Gasteiger partial charge in [0, 0.05) is 17.6 Å². The average Bonchev–Trinajstić information content (AvgIpc) is 3.27. The summed E-state index contributed by atoms with van der Waals surface area (Å²) in [5.41, 5.74) is 0. The lowest BCUT2D eigenvalue weighted by atomic mass is 9.63. The van der Waals surface area contributed by atoms with Crippen LogP contribution in [0.1, 0.15) is 73.6 Å². The van der Waals surface area contributed by atoms with E-state index in [2.05, 4.69) is 26.5 Å². The smallest absolute Gasteiger partial charge is 0.163 e. The molecule has 1 saturated carbocycles. The van der Waals surface area contributed by atoms with Gasteiger partial charge in [-0.05, 0) is 55.8 Å². The fourth-order valence-electron chi connectivity index (χ4n) is 8.08. The largest absolute Gasteiger partial charge is 0.393 e. The Bertz CT molecular complexity index is 849. The summed E-state index contributed by atoms with van der Waals surface area (Å²) in [6, 6.07) is 0. The third kappa shape index (κ3) is 6.87. The molecule has 0 radical (unpaired) electrons. The molecule has 6 N–H and O–H groups in total. The lowest BCUT2D eigenvalue weighted by Crippen LogP contribution is -2.56. The molecule has 4 fully saturated rings. The average molecular weight is 621 g/mol. The molecule has 1 aliphatic carbocycles. The second kappa shape index (κ2) is 14.6. The van der Waals surface area contributed by atoms with E-state index in [-0.39, 0.29) is 35.7 Å². The van der Waals surface area contributed by atoms with Crippen molar-refractivity contribution in [1.29, 1.82) is 0 Å². The molecule has 0 aromatic heterocycles. The highest BCUT2D eigenvalue weighted by Crippen LogP contribution is 2.46. The van der Waals surface area contributed by atoms with Gasteiger partial charge < -0.3 is 49.6 Å². The van der Waals surface area contributed by atoms with Crippen LogP contribution in [0.4, 0.5) is 0 Å². The predicted octanol–water partition coefficient (Wildman–Crippen LogP) is 1.51. The van der Waals surface area contributed by atoms with Gasteiger partial charge in [0.15, 0.2) is 6.29 Å². The molecule has 4 aliphatic rings. The third-order valence-corrected chi connectivity index (χ3v) is 11.3.